The van der Waals surface area contributed by atoms with Crippen LogP contribution in [0.25, 0.3) is 5.82 Å². The third kappa shape index (κ3) is 4.00. The van der Waals surface area contributed by atoms with Crippen LogP contribution in [0, 0.1) is 6.92 Å². The van der Waals surface area contributed by atoms with E-state index in [4.69, 9.17) is 4.74 Å². The van der Waals surface area contributed by atoms with Gasteiger partial charge in [-0.15, -0.1) is 0 Å². The third-order valence-electron chi connectivity index (χ3n) is 4.90. The molecule has 0 saturated carbocycles. The molecule has 0 saturated heterocycles. The second-order valence-corrected chi connectivity index (χ2v) is 7.02. The Balaban J connectivity index is 1.71. The van der Waals surface area contributed by atoms with Crippen LogP contribution in [-0.2, 0) is 9.53 Å². The number of pyridine rings is 1. The maximum absolute atomic E-state index is 13.2. The van der Waals surface area contributed by atoms with Crippen molar-refractivity contribution in [2.24, 2.45) is 4.99 Å². The van der Waals surface area contributed by atoms with Crippen LogP contribution in [0.1, 0.15) is 29.9 Å². The van der Waals surface area contributed by atoms with E-state index in [-0.39, 0.29) is 18.0 Å². The monoisotopic (exact) mass is 430 g/mol. The molecule has 1 aliphatic rings. The smallest absolute Gasteiger partial charge is 0.343 e. The van der Waals surface area contributed by atoms with Gasteiger partial charge in [0, 0.05) is 11.9 Å². The number of benzene rings is 1. The molecule has 0 aliphatic carbocycles. The zero-order valence-electron chi connectivity index (χ0n) is 17.9. The summed E-state index contributed by atoms with van der Waals surface area (Å²) in [4.78, 5) is 34.7. The molecule has 32 heavy (non-hydrogen) atoms. The molecule has 2 N–H and O–H groups in total. The number of anilines is 1. The van der Waals surface area contributed by atoms with Gasteiger partial charge in [-0.2, -0.15) is 5.10 Å². The molecule has 2 aromatic heterocycles. The number of allylic oxidation sites excluding steroid dienone is 1. The SMILES string of the molecule is CCOC(=O)C1=C(C)Nc2ccccc2N=C1NC(=O)c1cnn(-c2ccccn2)c1C. The Kier molecular flexibility index (Phi) is 5.80. The molecule has 0 bridgehead atoms. The molecule has 1 amide bonds. The minimum Gasteiger partial charge on any atom is -0.462 e. The normalized spacial score (nSPS) is 12.9. The van der Waals surface area contributed by atoms with Crippen LogP contribution in [0.3, 0.4) is 0 Å². The van der Waals surface area contributed by atoms with Crippen molar-refractivity contribution in [3.05, 3.63) is 77.4 Å². The van der Waals surface area contributed by atoms with E-state index in [1.807, 2.05) is 24.3 Å². The van der Waals surface area contributed by atoms with Crippen molar-refractivity contribution in [2.45, 2.75) is 20.8 Å². The number of amidine groups is 1. The van der Waals surface area contributed by atoms with E-state index in [9.17, 15) is 9.59 Å². The molecule has 9 nitrogen and oxygen atoms in total. The highest BCUT2D eigenvalue weighted by Crippen LogP contribution is 2.30. The van der Waals surface area contributed by atoms with E-state index >= 15 is 0 Å². The van der Waals surface area contributed by atoms with Gasteiger partial charge in [-0.3, -0.25) is 4.79 Å². The minimum atomic E-state index is -0.578. The van der Waals surface area contributed by atoms with Crippen molar-refractivity contribution < 1.29 is 14.3 Å². The average Bonchev–Trinajstić information content (AvgIpc) is 3.10. The molecule has 0 spiro atoms. The summed E-state index contributed by atoms with van der Waals surface area (Å²) in [6.45, 7) is 5.42. The van der Waals surface area contributed by atoms with Crippen LogP contribution >= 0.6 is 0 Å². The molecule has 0 atom stereocenters. The van der Waals surface area contributed by atoms with Gasteiger partial charge in [0.1, 0.15) is 11.4 Å². The first-order valence-corrected chi connectivity index (χ1v) is 10.1. The number of esters is 1. The molecule has 9 heteroatoms. The number of hydrogen-bond acceptors (Lipinski definition) is 7. The zero-order chi connectivity index (χ0) is 22.7. The predicted octanol–water partition coefficient (Wildman–Crippen LogP) is 3.30. The number of aliphatic imine (C=N–C) groups is 1. The van der Waals surface area contributed by atoms with E-state index in [0.29, 0.717) is 28.5 Å². The van der Waals surface area contributed by atoms with Gasteiger partial charge in [-0.1, -0.05) is 18.2 Å². The molecule has 0 unspecified atom stereocenters. The Morgan fingerprint density at radius 1 is 1.12 bits per heavy atom. The first-order chi connectivity index (χ1) is 15.5. The Morgan fingerprint density at radius 3 is 2.66 bits per heavy atom. The fourth-order valence-corrected chi connectivity index (χ4v) is 3.36. The summed E-state index contributed by atoms with van der Waals surface area (Å²) < 4.78 is 6.79. The third-order valence-corrected chi connectivity index (χ3v) is 4.90. The fourth-order valence-electron chi connectivity index (χ4n) is 3.36. The topological polar surface area (TPSA) is 110 Å². The van der Waals surface area contributed by atoms with Gasteiger partial charge in [0.05, 0.1) is 35.4 Å². The van der Waals surface area contributed by atoms with Crippen LogP contribution in [0.2, 0.25) is 0 Å². The van der Waals surface area contributed by atoms with Crippen LogP contribution in [0.4, 0.5) is 11.4 Å². The Morgan fingerprint density at radius 2 is 1.91 bits per heavy atom. The molecule has 1 aromatic carbocycles. The molecule has 4 rings (SSSR count). The lowest BCUT2D eigenvalue weighted by Gasteiger charge is -2.13. The second-order valence-electron chi connectivity index (χ2n) is 7.02. The lowest BCUT2D eigenvalue weighted by molar-refractivity contribution is -0.137. The molecule has 0 fully saturated rings. The maximum Gasteiger partial charge on any atom is 0.343 e. The number of aromatic nitrogens is 3. The number of carbonyl (C=O) groups is 2. The average molecular weight is 430 g/mol. The van der Waals surface area contributed by atoms with E-state index < -0.39 is 11.9 Å². The van der Waals surface area contributed by atoms with Crippen molar-refractivity contribution in [1.29, 1.82) is 0 Å². The van der Waals surface area contributed by atoms with Gasteiger partial charge in [0.25, 0.3) is 5.91 Å². The lowest BCUT2D eigenvalue weighted by atomic mass is 10.1. The number of rotatable bonds is 4. The number of ether oxygens (including phenoxy) is 1. The van der Waals surface area contributed by atoms with Crippen LogP contribution < -0.4 is 10.6 Å². The Hall–Kier alpha value is -4.27. The van der Waals surface area contributed by atoms with Gasteiger partial charge in [0.15, 0.2) is 5.82 Å². The Labute approximate surface area is 184 Å². The number of nitrogens with one attached hydrogen (secondary N) is 2. The number of hydrogen-bond donors (Lipinski definition) is 2. The molecule has 162 valence electrons. The van der Waals surface area contributed by atoms with Crippen molar-refractivity contribution >= 4 is 29.1 Å². The van der Waals surface area contributed by atoms with Gasteiger partial charge >= 0.3 is 5.97 Å². The first-order valence-electron chi connectivity index (χ1n) is 10.1. The van der Waals surface area contributed by atoms with Crippen molar-refractivity contribution in [3.8, 4) is 5.82 Å². The number of amides is 1. The lowest BCUT2D eigenvalue weighted by Crippen LogP contribution is -2.35. The van der Waals surface area contributed by atoms with Gasteiger partial charge in [0.2, 0.25) is 0 Å². The maximum atomic E-state index is 13.2. The van der Waals surface area contributed by atoms with Gasteiger partial charge < -0.3 is 15.4 Å². The molecular weight excluding hydrogens is 408 g/mol. The number of carbonyl (C=O) groups excluding carboxylic acids is 2. The van der Waals surface area contributed by atoms with Gasteiger partial charge in [-0.25, -0.2) is 19.5 Å². The molecular formula is C23H22N6O3. The highest BCUT2D eigenvalue weighted by molar-refractivity contribution is 6.25. The highest BCUT2D eigenvalue weighted by atomic mass is 16.5. The highest BCUT2D eigenvalue weighted by Gasteiger charge is 2.27. The van der Waals surface area contributed by atoms with E-state index in [1.165, 1.54) is 6.20 Å². The summed E-state index contributed by atoms with van der Waals surface area (Å²) in [6.07, 6.45) is 3.11. The van der Waals surface area contributed by atoms with Crippen LogP contribution in [0.5, 0.6) is 0 Å². The Bertz CT molecular complexity index is 1240. The van der Waals surface area contributed by atoms with Gasteiger partial charge in [-0.05, 0) is 45.0 Å². The molecule has 1 aliphatic heterocycles. The molecule has 3 aromatic rings. The second kappa shape index (κ2) is 8.84. The minimum absolute atomic E-state index is 0.105. The number of para-hydroxylation sites is 2. The summed E-state index contributed by atoms with van der Waals surface area (Å²) in [5, 5.41) is 10.3. The molecule has 3 heterocycles. The summed E-state index contributed by atoms with van der Waals surface area (Å²) >= 11 is 0. The van der Waals surface area contributed by atoms with Crippen molar-refractivity contribution in [2.75, 3.05) is 11.9 Å². The van der Waals surface area contributed by atoms with Crippen LogP contribution in [0.15, 0.2) is 71.1 Å². The number of nitrogens with zero attached hydrogens (tertiary/aromatic N) is 4. The quantitative estimate of drug-likeness (QED) is 0.615. The summed E-state index contributed by atoms with van der Waals surface area (Å²) in [5.74, 6) is -0.326. The van der Waals surface area contributed by atoms with E-state index in [2.05, 4.69) is 25.7 Å². The molecule has 0 radical (unpaired) electrons. The van der Waals surface area contributed by atoms with Crippen LogP contribution in [-0.4, -0.2) is 39.1 Å². The number of fused-ring (bicyclic) bond motifs is 1. The summed E-state index contributed by atoms with van der Waals surface area (Å²) in [5.41, 5.74) is 2.93. The summed E-state index contributed by atoms with van der Waals surface area (Å²) in [6, 6.07) is 12.8. The fraction of sp³-hybridized carbons (Fsp3) is 0.174. The van der Waals surface area contributed by atoms with E-state index in [1.54, 1.807) is 49.8 Å². The first kappa shape index (κ1) is 21.0. The van der Waals surface area contributed by atoms with Crippen molar-refractivity contribution in [1.82, 2.24) is 20.1 Å². The largest absolute Gasteiger partial charge is 0.462 e. The van der Waals surface area contributed by atoms with E-state index in [0.717, 1.165) is 5.69 Å². The standard InChI is InChI=1S/C23H22N6O3/c1-4-32-23(31)20-14(2)26-17-9-5-6-10-18(17)27-21(20)28-22(30)16-13-25-29(15(16)3)19-11-7-8-12-24-19/h5-13,26H,4H2,1-3H3,(H,27,28,30). The summed E-state index contributed by atoms with van der Waals surface area (Å²) in [7, 11) is 0. The van der Waals surface area contributed by atoms with Crippen molar-refractivity contribution in [3.63, 3.8) is 0 Å². The predicted molar refractivity (Wildman–Crippen MR) is 120 cm³/mol. The zero-order valence-corrected chi connectivity index (χ0v) is 17.9.